The molecule has 3 aromatic rings. The van der Waals surface area contributed by atoms with Gasteiger partial charge in [0.25, 0.3) is 0 Å². The van der Waals surface area contributed by atoms with Crippen LogP contribution < -0.4 is 21.1 Å². The molecule has 2 unspecified atom stereocenters. The zero-order valence-electron chi connectivity index (χ0n) is 19.1. The zero-order valence-corrected chi connectivity index (χ0v) is 22.0. The van der Waals surface area contributed by atoms with Crippen molar-refractivity contribution < 1.29 is 13.2 Å². The van der Waals surface area contributed by atoms with Crippen LogP contribution in [-0.4, -0.2) is 50.3 Å². The van der Waals surface area contributed by atoms with E-state index in [0.29, 0.717) is 10.1 Å². The number of hydrogen-bond donors (Lipinski definition) is 6. The molecule has 9 nitrogen and oxygen atoms in total. The fraction of sp³-hybridized carbons (Fsp3) is 0.333. The van der Waals surface area contributed by atoms with E-state index in [1.54, 1.807) is 24.4 Å². The third-order valence-corrected chi connectivity index (χ3v) is 9.11. The summed E-state index contributed by atoms with van der Waals surface area (Å²) in [4.78, 5) is 16.8. The summed E-state index contributed by atoms with van der Waals surface area (Å²) in [5.74, 6) is -0.695. The maximum absolute atomic E-state index is 13.5. The smallest absolute Gasteiger partial charge is 0.242 e. The largest absolute Gasteiger partial charge is 0.386 e. The molecule has 11 heteroatoms. The molecule has 4 rings (SSSR count). The number of H-pyrrole nitrogens is 1. The highest BCUT2D eigenvalue weighted by molar-refractivity contribution is 14.1. The number of amides is 1. The molecule has 1 aliphatic rings. The number of rotatable bonds is 9. The fourth-order valence-electron chi connectivity index (χ4n) is 4.49. The zero-order chi connectivity index (χ0) is 25.0. The first kappa shape index (κ1) is 25.6. The Bertz CT molecular complexity index is 1320. The summed E-state index contributed by atoms with van der Waals surface area (Å²) in [6.07, 6.45) is 3.66. The van der Waals surface area contributed by atoms with Crippen molar-refractivity contribution in [3.8, 4) is 0 Å². The van der Waals surface area contributed by atoms with Crippen molar-refractivity contribution in [2.75, 3.05) is 13.1 Å². The maximum Gasteiger partial charge on any atom is 0.242 e. The molecule has 2 aromatic carbocycles. The van der Waals surface area contributed by atoms with Crippen molar-refractivity contribution in [2.24, 2.45) is 11.7 Å². The number of nitrogens with two attached hydrogens (primary N) is 1. The predicted octanol–water partition coefficient (Wildman–Crippen LogP) is 2.08. The third kappa shape index (κ3) is 6.02. The molecular formula is C24H29IN6O3S. The fourth-order valence-corrected chi connectivity index (χ4v) is 7.02. The van der Waals surface area contributed by atoms with E-state index in [1.165, 1.54) is 6.07 Å². The minimum absolute atomic E-state index is 0.0365. The Morgan fingerprint density at radius 2 is 1.94 bits per heavy atom. The third-order valence-electron chi connectivity index (χ3n) is 6.28. The van der Waals surface area contributed by atoms with Gasteiger partial charge in [-0.2, -0.15) is 4.72 Å². The lowest BCUT2D eigenvalue weighted by Crippen LogP contribution is -2.57. The number of nitrogens with one attached hydrogen (secondary N) is 5. The summed E-state index contributed by atoms with van der Waals surface area (Å²) < 4.78 is 29.8. The molecule has 0 bridgehead atoms. The summed E-state index contributed by atoms with van der Waals surface area (Å²) >= 11 is 1.97. The van der Waals surface area contributed by atoms with Gasteiger partial charge in [-0.1, -0.05) is 30.3 Å². The first-order chi connectivity index (χ1) is 16.8. The summed E-state index contributed by atoms with van der Waals surface area (Å²) in [6, 6.07) is 12.5. The van der Waals surface area contributed by atoms with E-state index in [-0.39, 0.29) is 23.1 Å². The minimum atomic E-state index is -4.00. The Labute approximate surface area is 218 Å². The van der Waals surface area contributed by atoms with E-state index >= 15 is 0 Å². The first-order valence-corrected chi connectivity index (χ1v) is 14.0. The molecular weight excluding hydrogens is 579 g/mol. The number of fused-ring (bicyclic) bond motifs is 1. The highest BCUT2D eigenvalue weighted by Gasteiger charge is 2.33. The number of para-hydroxylation sites is 1. The number of carbonyl (C=O) groups is 1. The molecule has 0 saturated carbocycles. The number of sulfonamides is 1. The number of aromatic amines is 1. The lowest BCUT2D eigenvalue weighted by Gasteiger charge is -2.31. The molecule has 3 atom stereocenters. The Morgan fingerprint density at radius 1 is 1.20 bits per heavy atom. The van der Waals surface area contributed by atoms with Crippen LogP contribution in [-0.2, 0) is 21.2 Å². The predicted molar refractivity (Wildman–Crippen MR) is 145 cm³/mol. The summed E-state index contributed by atoms with van der Waals surface area (Å²) in [6.45, 7) is 1.51. The Hall–Kier alpha value is -2.48. The molecule has 0 aliphatic carbocycles. The van der Waals surface area contributed by atoms with Crippen LogP contribution in [0.4, 0.5) is 0 Å². The maximum atomic E-state index is 13.5. The molecule has 1 amide bonds. The monoisotopic (exact) mass is 608 g/mol. The number of benzene rings is 2. The Balaban J connectivity index is 1.64. The topological polar surface area (TPSA) is 153 Å². The normalized spacial score (nSPS) is 18.1. The van der Waals surface area contributed by atoms with E-state index < -0.39 is 28.0 Å². The lowest BCUT2D eigenvalue weighted by atomic mass is 9.90. The second-order valence-corrected chi connectivity index (χ2v) is 11.6. The molecule has 0 spiro atoms. The van der Waals surface area contributed by atoms with Crippen LogP contribution in [0.3, 0.4) is 0 Å². The van der Waals surface area contributed by atoms with E-state index in [2.05, 4.69) is 20.3 Å². The Morgan fingerprint density at radius 3 is 2.66 bits per heavy atom. The second-order valence-electron chi connectivity index (χ2n) is 8.72. The molecule has 186 valence electrons. The van der Waals surface area contributed by atoms with Crippen molar-refractivity contribution in [2.45, 2.75) is 36.2 Å². The molecule has 1 saturated heterocycles. The van der Waals surface area contributed by atoms with Gasteiger partial charge < -0.3 is 21.4 Å². The molecule has 35 heavy (non-hydrogen) atoms. The SMILES string of the molecule is N=C(N)C(NC(=O)[C@@H](Cc1c[nH]c2ccccc12)NS(=O)(=O)c1ccccc1I)C1CCCNC1. The first-order valence-electron chi connectivity index (χ1n) is 11.4. The highest BCUT2D eigenvalue weighted by atomic mass is 127. The van der Waals surface area contributed by atoms with Crippen LogP contribution in [0.25, 0.3) is 10.9 Å². The van der Waals surface area contributed by atoms with Gasteiger partial charge in [0.1, 0.15) is 11.9 Å². The summed E-state index contributed by atoms with van der Waals surface area (Å²) in [7, 11) is -4.00. The van der Waals surface area contributed by atoms with Crippen LogP contribution in [0.2, 0.25) is 0 Å². The molecule has 1 aliphatic heterocycles. The summed E-state index contributed by atoms with van der Waals surface area (Å²) in [5, 5.41) is 15.1. The number of carbonyl (C=O) groups excluding carboxylic acids is 1. The van der Waals surface area contributed by atoms with E-state index in [0.717, 1.165) is 35.9 Å². The Kier molecular flexibility index (Phi) is 8.09. The van der Waals surface area contributed by atoms with Gasteiger partial charge in [-0.15, -0.1) is 0 Å². The number of amidine groups is 1. The average Bonchev–Trinajstić information content (AvgIpc) is 3.25. The van der Waals surface area contributed by atoms with E-state index in [4.69, 9.17) is 11.1 Å². The van der Waals surface area contributed by atoms with Crippen molar-refractivity contribution >= 4 is 55.3 Å². The second kappa shape index (κ2) is 11.1. The van der Waals surface area contributed by atoms with Crippen molar-refractivity contribution in [1.82, 2.24) is 20.3 Å². The van der Waals surface area contributed by atoms with Crippen molar-refractivity contribution in [1.29, 1.82) is 5.41 Å². The van der Waals surface area contributed by atoms with Crippen LogP contribution in [0.1, 0.15) is 18.4 Å². The van der Waals surface area contributed by atoms with Crippen LogP contribution in [0.5, 0.6) is 0 Å². The van der Waals surface area contributed by atoms with Crippen LogP contribution in [0, 0.1) is 14.9 Å². The number of piperidine rings is 1. The standard InChI is InChI=1S/C24H29IN6O3S/c25-18-8-2-4-10-21(18)35(33,34)31-20(12-16-14-29-19-9-3-1-7-17(16)19)24(32)30-22(23(26)27)15-6-5-11-28-13-15/h1-4,7-10,14-15,20,22,28-29,31H,5-6,11-13H2,(H3,26,27)(H,30,32)/t15?,20-,22?/m1/s1. The van der Waals surface area contributed by atoms with Gasteiger partial charge in [0.15, 0.2) is 0 Å². The quantitative estimate of drug-likeness (QED) is 0.125. The molecule has 1 aromatic heterocycles. The van der Waals surface area contributed by atoms with Crippen LogP contribution >= 0.6 is 22.6 Å². The van der Waals surface area contributed by atoms with Crippen molar-refractivity contribution in [3.63, 3.8) is 0 Å². The number of hydrogen-bond acceptors (Lipinski definition) is 5. The lowest BCUT2D eigenvalue weighted by molar-refractivity contribution is -0.123. The minimum Gasteiger partial charge on any atom is -0.386 e. The van der Waals surface area contributed by atoms with E-state index in [1.807, 2.05) is 46.9 Å². The molecule has 1 fully saturated rings. The van der Waals surface area contributed by atoms with Crippen molar-refractivity contribution in [3.05, 3.63) is 63.9 Å². The molecule has 2 heterocycles. The molecule has 7 N–H and O–H groups in total. The van der Waals surface area contributed by atoms with Gasteiger partial charge in [-0.05, 0) is 78.1 Å². The highest BCUT2D eigenvalue weighted by Crippen LogP contribution is 2.22. The van der Waals surface area contributed by atoms with Gasteiger partial charge in [0.05, 0.1) is 10.9 Å². The molecule has 0 radical (unpaired) electrons. The van der Waals surface area contributed by atoms with Gasteiger partial charge in [-0.3, -0.25) is 10.2 Å². The van der Waals surface area contributed by atoms with Gasteiger partial charge >= 0.3 is 0 Å². The average molecular weight is 609 g/mol. The number of aromatic nitrogens is 1. The summed E-state index contributed by atoms with van der Waals surface area (Å²) in [5.41, 5.74) is 7.57. The number of halogens is 1. The van der Waals surface area contributed by atoms with Gasteiger partial charge in [0, 0.05) is 27.2 Å². The van der Waals surface area contributed by atoms with E-state index in [9.17, 15) is 13.2 Å². The van der Waals surface area contributed by atoms with Gasteiger partial charge in [0.2, 0.25) is 15.9 Å². The van der Waals surface area contributed by atoms with Crippen LogP contribution in [0.15, 0.2) is 59.6 Å². The van der Waals surface area contributed by atoms with Gasteiger partial charge in [-0.25, -0.2) is 8.42 Å².